The molecule has 2 N–H and O–H groups in total. The van der Waals surface area contributed by atoms with Gasteiger partial charge in [-0.2, -0.15) is 8.78 Å². The van der Waals surface area contributed by atoms with E-state index in [1.54, 1.807) is 44.2 Å². The quantitative estimate of drug-likeness (QED) is 0.0401. The third-order valence-electron chi connectivity index (χ3n) is 12.9. The standard InChI is InChI=1S/C56H66F2N3O9S2/c1-12-55(10,11)54(63)68-30-16-15-25-50(62)69-33-56(57,58)72(66,67)61-71(64,65)49-24-14-13-19-46(49)51-44-28-26-38(59-52-40(34(2)3)20-17-21-41(52)35(4)5)31-47(44)70-48-32-39(27-29-45(48)51)60-53-42(36(6)7)22-18-23-43(53)37(8)9/h13-14,17-24,26-29,31-32,34-37H,12,15-16,25,30,33H2,1-11H3,(H,59,60)/q-1/p+1. The van der Waals surface area contributed by atoms with Gasteiger partial charge in [-0.3, -0.25) is 9.59 Å². The first kappa shape index (κ1) is 55.3. The Bertz CT molecular complexity index is 3160. The van der Waals surface area contributed by atoms with Crippen LogP contribution in [0.4, 0.5) is 25.8 Å². The van der Waals surface area contributed by atoms with Gasteiger partial charge in [0.05, 0.1) is 23.0 Å². The number of rotatable bonds is 21. The van der Waals surface area contributed by atoms with E-state index in [1.165, 1.54) is 12.1 Å². The van der Waals surface area contributed by atoms with Crippen LogP contribution in [0.3, 0.4) is 0 Å². The van der Waals surface area contributed by atoms with Crippen LogP contribution in [0.25, 0.3) is 37.5 Å². The molecule has 6 rings (SSSR count). The second kappa shape index (κ2) is 22.4. The van der Waals surface area contributed by atoms with Crippen LogP contribution in [-0.4, -0.2) is 47.2 Å². The molecule has 72 heavy (non-hydrogen) atoms. The van der Waals surface area contributed by atoms with Crippen molar-refractivity contribution in [2.45, 2.75) is 136 Å². The maximum atomic E-state index is 15.5. The van der Waals surface area contributed by atoms with Gasteiger partial charge in [0.1, 0.15) is 21.4 Å². The first-order valence-corrected chi connectivity index (χ1v) is 27.3. The van der Waals surface area contributed by atoms with E-state index in [0.717, 1.165) is 39.7 Å². The number of unbranched alkanes of at least 4 members (excludes halogenated alkanes) is 1. The Kier molecular flexibility index (Phi) is 17.2. The number of nitrogens with zero attached hydrogens (tertiary/aromatic N) is 1. The van der Waals surface area contributed by atoms with Gasteiger partial charge < -0.3 is 23.3 Å². The number of ether oxygens (including phenoxy) is 2. The van der Waals surface area contributed by atoms with Crippen molar-refractivity contribution < 1.29 is 54.1 Å². The number of benzene rings is 5. The molecule has 12 nitrogen and oxygen atoms in total. The number of carbonyl (C=O) groups excluding carboxylic acids is 2. The summed E-state index contributed by atoms with van der Waals surface area (Å²) in [4.78, 5) is 27.6. The van der Waals surface area contributed by atoms with Crippen LogP contribution in [0.2, 0.25) is 0 Å². The Balaban J connectivity index is 1.41. The van der Waals surface area contributed by atoms with Crippen molar-refractivity contribution in [3.05, 3.63) is 129 Å². The first-order chi connectivity index (χ1) is 33.8. The van der Waals surface area contributed by atoms with E-state index in [1.807, 2.05) is 31.2 Å². The third-order valence-corrected chi connectivity index (χ3v) is 16.2. The molecule has 16 heteroatoms. The SMILES string of the molecule is CCC(C)(C)C(=O)OCCCCC(=O)OCC(F)(F)S(=O)(=O)[N-]S(=O)(=O)c1ccccc1-c1c2ccc(=[NH+]c3c(C(C)C)cccc3C(C)C)cc-2oc2cc(Nc3c(C(C)C)cccc3C(C)C)ccc12. The lowest BCUT2D eigenvalue weighted by Gasteiger charge is -2.28. The highest BCUT2D eigenvalue weighted by Gasteiger charge is 2.42. The fraction of sp³-hybridized carbons (Fsp3) is 0.411. The molecule has 0 aromatic heterocycles. The molecule has 0 radical (unpaired) electrons. The zero-order valence-corrected chi connectivity index (χ0v) is 44.6. The molecule has 0 fully saturated rings. The number of sulfonamides is 2. The van der Waals surface area contributed by atoms with Crippen LogP contribution >= 0.6 is 0 Å². The molecule has 2 aliphatic rings. The molecule has 1 heterocycles. The van der Waals surface area contributed by atoms with Gasteiger partial charge >= 0.3 is 17.2 Å². The lowest BCUT2D eigenvalue weighted by molar-refractivity contribution is -0.404. The molecule has 0 atom stereocenters. The molecule has 386 valence electrons. The van der Waals surface area contributed by atoms with E-state index >= 15 is 8.78 Å². The molecular weight excluding hydrogens is 961 g/mol. The van der Waals surface area contributed by atoms with E-state index in [4.69, 9.17) is 9.15 Å². The minimum atomic E-state index is -6.18. The van der Waals surface area contributed by atoms with Crippen molar-refractivity contribution in [2.24, 2.45) is 5.41 Å². The minimum Gasteiger partial charge on any atom is -0.465 e. The highest BCUT2D eigenvalue weighted by molar-refractivity contribution is 8.12. The van der Waals surface area contributed by atoms with Gasteiger partial charge in [-0.05, 0) is 92.2 Å². The number of nitrogens with one attached hydrogen (secondary N) is 2. The Labute approximate surface area is 423 Å². The number of esters is 2. The number of hydrogen-bond acceptors (Lipinski definition) is 10. The molecule has 0 unspecified atom stereocenters. The summed E-state index contributed by atoms with van der Waals surface area (Å²) in [6.07, 6.45) is 0.474. The van der Waals surface area contributed by atoms with Crippen LogP contribution in [0.5, 0.6) is 0 Å². The van der Waals surface area contributed by atoms with E-state index in [2.05, 4.69) is 98.8 Å². The zero-order valence-electron chi connectivity index (χ0n) is 43.0. The van der Waals surface area contributed by atoms with Gasteiger partial charge in [-0.15, -0.1) is 0 Å². The molecule has 0 spiro atoms. The number of anilines is 2. The lowest BCUT2D eigenvalue weighted by atomic mass is 9.91. The van der Waals surface area contributed by atoms with E-state index < -0.39 is 54.2 Å². The van der Waals surface area contributed by atoms with E-state index in [9.17, 15) is 26.4 Å². The van der Waals surface area contributed by atoms with Gasteiger partial charge in [0.25, 0.3) is 0 Å². The van der Waals surface area contributed by atoms with Crippen molar-refractivity contribution in [2.75, 3.05) is 18.5 Å². The average Bonchev–Trinajstić information content (AvgIpc) is 3.31. The molecule has 1 aliphatic heterocycles. The van der Waals surface area contributed by atoms with Gasteiger partial charge in [0, 0.05) is 63.1 Å². The summed E-state index contributed by atoms with van der Waals surface area (Å²) >= 11 is 0. The summed E-state index contributed by atoms with van der Waals surface area (Å²) in [7, 11) is -11.6. The highest BCUT2D eigenvalue weighted by atomic mass is 32.3. The lowest BCUT2D eigenvalue weighted by Crippen LogP contribution is -2.71. The predicted octanol–water partition coefficient (Wildman–Crippen LogP) is 12.4. The molecule has 0 saturated heterocycles. The van der Waals surface area contributed by atoms with Gasteiger partial charge in [-0.25, -0.2) is 21.8 Å². The van der Waals surface area contributed by atoms with Gasteiger partial charge in [0.2, 0.25) is 11.0 Å². The summed E-state index contributed by atoms with van der Waals surface area (Å²) in [5.74, 6) is -0.473. The van der Waals surface area contributed by atoms with Crippen molar-refractivity contribution >= 4 is 60.0 Å². The molecule has 0 bridgehead atoms. The van der Waals surface area contributed by atoms with Crippen molar-refractivity contribution in [3.63, 3.8) is 0 Å². The van der Waals surface area contributed by atoms with E-state index in [-0.39, 0.29) is 55.1 Å². The van der Waals surface area contributed by atoms with Crippen LogP contribution in [0.15, 0.2) is 106 Å². The maximum absolute atomic E-state index is 15.5. The number of para-hydroxylation sites is 2. The van der Waals surface area contributed by atoms with Crippen LogP contribution in [-0.2, 0) is 39.1 Å². The Morgan fingerprint density at radius 2 is 1.32 bits per heavy atom. The normalized spacial score (nSPS) is 13.0. The highest BCUT2D eigenvalue weighted by Crippen LogP contribution is 2.45. The predicted molar refractivity (Wildman–Crippen MR) is 279 cm³/mol. The minimum absolute atomic E-state index is 0.0164. The summed E-state index contributed by atoms with van der Waals surface area (Å²) in [6.45, 7) is 20.3. The Morgan fingerprint density at radius 3 is 1.92 bits per heavy atom. The summed E-state index contributed by atoms with van der Waals surface area (Å²) in [5.41, 5.74) is 7.40. The number of fused-ring (bicyclic) bond motifs is 2. The Morgan fingerprint density at radius 1 is 0.722 bits per heavy atom. The largest absolute Gasteiger partial charge is 0.465 e. The van der Waals surface area contributed by atoms with Crippen molar-refractivity contribution in [1.29, 1.82) is 0 Å². The number of alkyl halides is 2. The smallest absolute Gasteiger partial charge is 0.363 e. The number of hydrogen-bond donors (Lipinski definition) is 2. The number of carbonyl (C=O) groups is 2. The zero-order chi connectivity index (χ0) is 52.9. The van der Waals surface area contributed by atoms with Crippen molar-refractivity contribution in [1.82, 2.24) is 0 Å². The van der Waals surface area contributed by atoms with Crippen molar-refractivity contribution in [3.8, 4) is 22.5 Å². The molecule has 0 amide bonds. The summed E-state index contributed by atoms with van der Waals surface area (Å²) < 4.78 is 105. The maximum Gasteiger partial charge on any atom is 0.363 e. The first-order valence-electron chi connectivity index (χ1n) is 24.5. The van der Waals surface area contributed by atoms with Crippen LogP contribution in [0, 0.1) is 5.41 Å². The topological polar surface area (TPSA) is 174 Å². The van der Waals surface area contributed by atoms with Gasteiger partial charge in [-0.1, -0.05) is 117 Å². The second-order valence-corrected chi connectivity index (χ2v) is 23.6. The summed E-state index contributed by atoms with van der Waals surface area (Å²) in [5, 5.41) is -0.176. The molecule has 4 aromatic carbocycles. The molecule has 0 saturated carbocycles. The third kappa shape index (κ3) is 12.4. The molecule has 1 aliphatic carbocycles. The fourth-order valence-corrected chi connectivity index (χ4v) is 11.0. The monoisotopic (exact) mass is 1030 g/mol. The van der Waals surface area contributed by atoms with E-state index in [0.29, 0.717) is 45.3 Å². The average molecular weight is 1030 g/mol. The number of halogens is 2. The Hall–Kier alpha value is -5.97. The van der Waals surface area contributed by atoms with Crippen LogP contribution < -0.4 is 15.7 Å². The molecular formula is C56H67F2N3O9S2. The van der Waals surface area contributed by atoms with Crippen LogP contribution in [0.1, 0.15) is 148 Å². The van der Waals surface area contributed by atoms with Gasteiger partial charge in [0.15, 0.2) is 16.6 Å². The summed E-state index contributed by atoms with van der Waals surface area (Å²) in [6, 6.07) is 28.7. The molecule has 4 aromatic rings. The second-order valence-electron chi connectivity index (χ2n) is 20.0. The fourth-order valence-electron chi connectivity index (χ4n) is 8.32.